The fraction of sp³-hybridized carbons (Fsp3) is 0.571. The van der Waals surface area contributed by atoms with Crippen molar-refractivity contribution in [2.75, 3.05) is 12.3 Å². The van der Waals surface area contributed by atoms with Crippen molar-refractivity contribution < 1.29 is 17.9 Å². The molecular formula is C14H20FNO3S. The first kappa shape index (κ1) is 15.4. The maximum absolute atomic E-state index is 13.4. The first-order valence-electron chi connectivity index (χ1n) is 6.83. The van der Waals surface area contributed by atoms with Crippen molar-refractivity contribution in [2.45, 2.75) is 37.7 Å². The highest BCUT2D eigenvalue weighted by Crippen LogP contribution is 2.28. The van der Waals surface area contributed by atoms with Crippen LogP contribution in [0.3, 0.4) is 0 Å². The Kier molecular flexibility index (Phi) is 4.78. The molecule has 0 atom stereocenters. The monoisotopic (exact) mass is 301 g/mol. The summed E-state index contributed by atoms with van der Waals surface area (Å²) in [6.07, 6.45) is 3.23. The molecule has 2 N–H and O–H groups in total. The van der Waals surface area contributed by atoms with Gasteiger partial charge < -0.3 is 5.11 Å². The molecule has 0 aromatic heterocycles. The number of benzene rings is 1. The molecule has 0 bridgehead atoms. The van der Waals surface area contributed by atoms with Crippen LogP contribution in [0.25, 0.3) is 0 Å². The Morgan fingerprint density at radius 2 is 1.90 bits per heavy atom. The van der Waals surface area contributed by atoms with Crippen LogP contribution < -0.4 is 4.72 Å². The Hall–Kier alpha value is -0.980. The molecule has 1 aromatic carbocycles. The van der Waals surface area contributed by atoms with Gasteiger partial charge in [0.15, 0.2) is 0 Å². The third kappa shape index (κ3) is 4.26. The van der Waals surface area contributed by atoms with Gasteiger partial charge in [0, 0.05) is 6.54 Å². The van der Waals surface area contributed by atoms with E-state index in [0.29, 0.717) is 18.4 Å². The average molecular weight is 301 g/mol. The summed E-state index contributed by atoms with van der Waals surface area (Å²) in [7, 11) is -3.50. The van der Waals surface area contributed by atoms with Crippen molar-refractivity contribution in [2.24, 2.45) is 0 Å². The highest BCUT2D eigenvalue weighted by molar-refractivity contribution is 7.89. The molecule has 0 spiro atoms. The van der Waals surface area contributed by atoms with E-state index >= 15 is 0 Å². The minimum Gasteiger partial charge on any atom is -0.389 e. The third-order valence-corrected chi connectivity index (χ3v) is 5.08. The molecule has 1 aromatic rings. The summed E-state index contributed by atoms with van der Waals surface area (Å²) < 4.78 is 39.6. The van der Waals surface area contributed by atoms with Crippen LogP contribution in [0.4, 0.5) is 4.39 Å². The standard InChI is InChI=1S/C14H20FNO3S/c15-13-6-2-1-5-12(13)7-10-20(18,19)16-11-14(17)8-3-4-9-14/h1-2,5-6,16-17H,3-4,7-11H2. The zero-order chi connectivity index (χ0) is 14.6. The topological polar surface area (TPSA) is 66.4 Å². The predicted molar refractivity (Wildman–Crippen MR) is 75.3 cm³/mol. The second-order valence-electron chi connectivity index (χ2n) is 5.41. The fourth-order valence-corrected chi connectivity index (χ4v) is 3.59. The van der Waals surface area contributed by atoms with E-state index < -0.39 is 21.4 Å². The highest BCUT2D eigenvalue weighted by atomic mass is 32.2. The Balaban J connectivity index is 1.86. The van der Waals surface area contributed by atoms with Crippen LogP contribution in [0.1, 0.15) is 31.2 Å². The van der Waals surface area contributed by atoms with E-state index in [1.54, 1.807) is 18.2 Å². The number of aryl methyl sites for hydroxylation is 1. The van der Waals surface area contributed by atoms with Gasteiger partial charge in [-0.15, -0.1) is 0 Å². The Labute approximate surface area is 119 Å². The predicted octanol–water partition coefficient (Wildman–Crippen LogP) is 1.59. The number of aliphatic hydroxyl groups is 1. The van der Waals surface area contributed by atoms with Crippen molar-refractivity contribution in [1.82, 2.24) is 4.72 Å². The lowest BCUT2D eigenvalue weighted by Crippen LogP contribution is -2.41. The number of hydrogen-bond acceptors (Lipinski definition) is 3. The summed E-state index contributed by atoms with van der Waals surface area (Å²) >= 11 is 0. The second kappa shape index (κ2) is 6.20. The van der Waals surface area contributed by atoms with Gasteiger partial charge in [-0.2, -0.15) is 0 Å². The Morgan fingerprint density at radius 3 is 2.55 bits per heavy atom. The summed E-state index contributed by atoms with van der Waals surface area (Å²) in [5.41, 5.74) is -0.525. The summed E-state index contributed by atoms with van der Waals surface area (Å²) in [5.74, 6) is -0.568. The van der Waals surface area contributed by atoms with Crippen molar-refractivity contribution in [3.05, 3.63) is 35.6 Å². The minimum atomic E-state index is -3.50. The first-order chi connectivity index (χ1) is 9.40. The molecule has 0 saturated heterocycles. The number of nitrogens with one attached hydrogen (secondary N) is 1. The molecule has 112 valence electrons. The third-order valence-electron chi connectivity index (χ3n) is 3.75. The van der Waals surface area contributed by atoms with Gasteiger partial charge in [-0.1, -0.05) is 31.0 Å². The Bertz CT molecular complexity index is 553. The summed E-state index contributed by atoms with van der Waals surface area (Å²) in [6.45, 7) is 0.0482. The largest absolute Gasteiger partial charge is 0.389 e. The molecule has 1 aliphatic rings. The lowest BCUT2D eigenvalue weighted by Gasteiger charge is -2.22. The Morgan fingerprint density at radius 1 is 1.25 bits per heavy atom. The van der Waals surface area contributed by atoms with Crippen molar-refractivity contribution >= 4 is 10.0 Å². The molecule has 0 heterocycles. The van der Waals surface area contributed by atoms with Crippen molar-refractivity contribution in [1.29, 1.82) is 0 Å². The molecule has 0 unspecified atom stereocenters. The number of rotatable bonds is 6. The molecular weight excluding hydrogens is 281 g/mol. The summed E-state index contributed by atoms with van der Waals surface area (Å²) in [6, 6.07) is 6.15. The lowest BCUT2D eigenvalue weighted by molar-refractivity contribution is 0.0532. The van der Waals surface area contributed by atoms with Crippen LogP contribution in [0.15, 0.2) is 24.3 Å². The number of sulfonamides is 1. The zero-order valence-corrected chi connectivity index (χ0v) is 12.1. The quantitative estimate of drug-likeness (QED) is 0.838. The van der Waals surface area contributed by atoms with E-state index in [-0.39, 0.29) is 18.7 Å². The van der Waals surface area contributed by atoms with Crippen LogP contribution in [0.5, 0.6) is 0 Å². The molecule has 0 radical (unpaired) electrons. The second-order valence-corrected chi connectivity index (χ2v) is 7.34. The fourth-order valence-electron chi connectivity index (χ4n) is 2.47. The molecule has 2 rings (SSSR count). The van der Waals surface area contributed by atoms with Gasteiger partial charge in [0.05, 0.1) is 11.4 Å². The van der Waals surface area contributed by atoms with E-state index in [9.17, 15) is 17.9 Å². The van der Waals surface area contributed by atoms with Gasteiger partial charge in [0.2, 0.25) is 10.0 Å². The van der Waals surface area contributed by atoms with E-state index in [0.717, 1.165) is 12.8 Å². The molecule has 6 heteroatoms. The molecule has 1 aliphatic carbocycles. The molecule has 1 saturated carbocycles. The maximum atomic E-state index is 13.4. The van der Waals surface area contributed by atoms with Crippen LogP contribution >= 0.6 is 0 Å². The van der Waals surface area contributed by atoms with Crippen LogP contribution in [-0.4, -0.2) is 31.4 Å². The van der Waals surface area contributed by atoms with Gasteiger partial charge >= 0.3 is 0 Å². The molecule has 0 aliphatic heterocycles. The van der Waals surface area contributed by atoms with Gasteiger partial charge in [-0.25, -0.2) is 17.5 Å². The first-order valence-corrected chi connectivity index (χ1v) is 8.49. The molecule has 0 amide bonds. The van der Waals surface area contributed by atoms with Crippen LogP contribution in [0.2, 0.25) is 0 Å². The van der Waals surface area contributed by atoms with Crippen molar-refractivity contribution in [3.8, 4) is 0 Å². The zero-order valence-electron chi connectivity index (χ0n) is 11.3. The van der Waals surface area contributed by atoms with Gasteiger partial charge in [0.1, 0.15) is 5.82 Å². The smallest absolute Gasteiger partial charge is 0.212 e. The number of hydrogen-bond donors (Lipinski definition) is 2. The summed E-state index contributed by atoms with van der Waals surface area (Å²) in [4.78, 5) is 0. The van der Waals surface area contributed by atoms with E-state index in [4.69, 9.17) is 0 Å². The van der Waals surface area contributed by atoms with E-state index in [2.05, 4.69) is 4.72 Å². The highest BCUT2D eigenvalue weighted by Gasteiger charge is 2.32. The SMILES string of the molecule is O=S(=O)(CCc1ccccc1F)NCC1(O)CCCC1. The molecule has 1 fully saturated rings. The van der Waals surface area contributed by atoms with E-state index in [1.807, 2.05) is 0 Å². The normalized spacial score (nSPS) is 18.3. The molecule has 4 nitrogen and oxygen atoms in total. The van der Waals surface area contributed by atoms with Crippen LogP contribution in [0, 0.1) is 5.82 Å². The van der Waals surface area contributed by atoms with Gasteiger partial charge in [-0.05, 0) is 30.9 Å². The van der Waals surface area contributed by atoms with E-state index in [1.165, 1.54) is 6.07 Å². The lowest BCUT2D eigenvalue weighted by atomic mass is 10.0. The van der Waals surface area contributed by atoms with Crippen molar-refractivity contribution in [3.63, 3.8) is 0 Å². The average Bonchev–Trinajstić information content (AvgIpc) is 2.84. The minimum absolute atomic E-state index is 0.0482. The number of halogens is 1. The van der Waals surface area contributed by atoms with Gasteiger partial charge in [-0.3, -0.25) is 0 Å². The molecule has 20 heavy (non-hydrogen) atoms. The van der Waals surface area contributed by atoms with Gasteiger partial charge in [0.25, 0.3) is 0 Å². The maximum Gasteiger partial charge on any atom is 0.212 e. The summed E-state index contributed by atoms with van der Waals surface area (Å²) in [5, 5.41) is 10.1. The van der Waals surface area contributed by atoms with Crippen LogP contribution in [-0.2, 0) is 16.4 Å².